The van der Waals surface area contributed by atoms with E-state index in [2.05, 4.69) is 5.11 Å². The third-order valence-electron chi connectivity index (χ3n) is 0.885. The summed E-state index contributed by atoms with van der Waals surface area (Å²) < 4.78 is 28.5. The molecule has 0 radical (unpaired) electrons. The minimum Gasteiger partial charge on any atom is -0.504 e. The van der Waals surface area contributed by atoms with Crippen LogP contribution in [-0.2, 0) is 0 Å². The molecular weight excluding hydrogens is 116 g/mol. The maximum atomic E-state index is 9.25. The fourth-order valence-electron chi connectivity index (χ4n) is 0.475. The summed E-state index contributed by atoms with van der Waals surface area (Å²) in [6, 6.07) is -0.852. The molecule has 2 nitrogen and oxygen atoms in total. The quantitative estimate of drug-likeness (QED) is 0.561. The van der Waals surface area contributed by atoms with Gasteiger partial charge >= 0.3 is 0 Å². The lowest BCUT2D eigenvalue weighted by molar-refractivity contribution is 0.403. The number of hydrogen-bond donors (Lipinski definition) is 2. The molecule has 0 aliphatic rings. The Balaban J connectivity index is 3.56. The Morgan fingerprint density at radius 3 is 3.00 bits per heavy atom. The highest BCUT2D eigenvalue weighted by atomic mass is 16.3. The number of phenols is 2. The summed E-state index contributed by atoms with van der Waals surface area (Å²) in [6.07, 6.45) is 0. The smallest absolute Gasteiger partial charge is 0.293 e. The van der Waals surface area contributed by atoms with Gasteiger partial charge in [-0.25, -0.2) is 0 Å². The second kappa shape index (κ2) is 1.97. The molecule has 0 spiro atoms. The minimum atomic E-state index is -0.562. The van der Waals surface area contributed by atoms with Crippen LogP contribution in [0.5, 0.6) is 11.5 Å². The van der Waals surface area contributed by atoms with Crippen LogP contribution in [0.3, 0.4) is 0 Å². The number of rotatable bonds is 1. The van der Waals surface area contributed by atoms with E-state index in [0.29, 0.717) is 0 Å². The van der Waals surface area contributed by atoms with Crippen molar-refractivity contribution in [2.45, 2.75) is 6.92 Å². The van der Waals surface area contributed by atoms with E-state index in [1.54, 1.807) is 0 Å². The Hall–Kier alpha value is -1.18. The molecule has 0 saturated heterocycles. The van der Waals surface area contributed by atoms with Gasteiger partial charge in [0.1, 0.15) is 0 Å². The molecule has 0 unspecified atom stereocenters. The molecule has 0 bridgehead atoms. The van der Waals surface area contributed by atoms with Crippen LogP contribution in [0.4, 0.5) is 0 Å². The van der Waals surface area contributed by atoms with Crippen LogP contribution < -0.4 is 0 Å². The zero-order chi connectivity index (χ0) is 10.2. The number of benzene rings is 1. The molecule has 2 N–H and O–H groups in total. The van der Waals surface area contributed by atoms with E-state index in [1.807, 2.05) is 0 Å². The maximum Gasteiger partial charge on any atom is 0.293 e. The first-order valence-corrected chi connectivity index (χ1v) is 2.43. The molecule has 48 valence electrons. The van der Waals surface area contributed by atoms with E-state index in [4.69, 9.17) is 5.54 Å². The molecule has 0 amide bonds. The van der Waals surface area contributed by atoms with Crippen LogP contribution in [0, 0.1) is 6.92 Å². The second-order valence-corrected chi connectivity index (χ2v) is 1.68. The molecule has 0 aromatic heterocycles. The molecule has 0 atom stereocenters. The second-order valence-electron chi connectivity index (χ2n) is 1.68. The van der Waals surface area contributed by atoms with Crippen LogP contribution in [0.25, 0.3) is 0 Å². The van der Waals surface area contributed by atoms with E-state index in [9.17, 15) is 5.11 Å². The van der Waals surface area contributed by atoms with Crippen LogP contribution in [0.1, 0.15) is 9.68 Å². The van der Waals surface area contributed by atoms with E-state index >= 15 is 0 Å². The summed E-state index contributed by atoms with van der Waals surface area (Å²) in [5, 5.41) is 13.2. The molecule has 9 heavy (non-hydrogen) atoms. The lowest BCUT2D eigenvalue weighted by atomic mass is 10.2. The molecule has 1 aromatic rings. The summed E-state index contributed by atoms with van der Waals surface area (Å²) in [7, 11) is 0. The van der Waals surface area contributed by atoms with Gasteiger partial charge in [0, 0.05) is 0 Å². The molecular formula is C7H8O2. The number of phenolic OH excluding ortho intramolecular Hbond substituents is 2. The maximum absolute atomic E-state index is 9.25. The van der Waals surface area contributed by atoms with Crippen LogP contribution >= 0.6 is 0 Å². The summed E-state index contributed by atoms with van der Waals surface area (Å²) in [4.78, 5) is 0. The Morgan fingerprint density at radius 2 is 2.33 bits per heavy atom. The Bertz CT molecular complexity index is 322. The predicted molar refractivity (Wildman–Crippen MR) is 34.5 cm³/mol. The minimum absolute atomic E-state index is 0.198. The Kier molecular flexibility index (Phi) is 0.571. The average Bonchev–Trinajstić information content (AvgIpc) is 2.13. The van der Waals surface area contributed by atoms with Crippen molar-refractivity contribution in [3.63, 3.8) is 0 Å². The number of aromatic hydroxyl groups is 2. The van der Waals surface area contributed by atoms with Crippen molar-refractivity contribution in [3.8, 4) is 11.5 Å². The van der Waals surface area contributed by atoms with Gasteiger partial charge in [-0.1, -0.05) is 6.04 Å². The Morgan fingerprint density at radius 1 is 1.56 bits per heavy atom. The average molecular weight is 128 g/mol. The molecule has 0 fully saturated rings. The molecule has 0 aliphatic heterocycles. The Labute approximate surface area is 59.1 Å². The summed E-state index contributed by atoms with van der Waals surface area (Å²) in [5.74, 6) is -1.01. The lowest BCUT2D eigenvalue weighted by Gasteiger charge is -1.95. The van der Waals surface area contributed by atoms with Crippen molar-refractivity contribution in [3.05, 3.63) is 23.7 Å². The van der Waals surface area contributed by atoms with E-state index in [1.165, 1.54) is 6.92 Å². The van der Waals surface area contributed by atoms with Gasteiger partial charge in [0.05, 0.1) is 4.11 Å². The highest BCUT2D eigenvalue weighted by Gasteiger charge is 1.94. The van der Waals surface area contributed by atoms with Gasteiger partial charge in [0.15, 0.2) is 11.5 Å². The van der Waals surface area contributed by atoms with Crippen molar-refractivity contribution in [2.75, 3.05) is 0 Å². The van der Waals surface area contributed by atoms with E-state index in [-0.39, 0.29) is 23.7 Å². The monoisotopic (exact) mass is 128 g/mol. The fourth-order valence-corrected chi connectivity index (χ4v) is 0.475. The van der Waals surface area contributed by atoms with Crippen LogP contribution in [0.2, 0.25) is 0 Å². The van der Waals surface area contributed by atoms with Gasteiger partial charge in [0.2, 0.25) is 0 Å². The summed E-state index contributed by atoms with van der Waals surface area (Å²) >= 11 is 0. The zero-order valence-electron chi connectivity index (χ0n) is 8.86. The van der Waals surface area contributed by atoms with Gasteiger partial charge in [0.25, 0.3) is 1.43 Å². The first-order valence-electron chi connectivity index (χ1n) is 4.34. The summed E-state index contributed by atoms with van der Waals surface area (Å²) in [5.41, 5.74) is 0.198. The van der Waals surface area contributed by atoms with Gasteiger partial charge < -0.3 is 10.2 Å². The number of hydrogen-bond acceptors (Lipinski definition) is 2. The van der Waals surface area contributed by atoms with E-state index in [0.717, 1.165) is 0 Å². The molecule has 0 aliphatic carbocycles. The van der Waals surface area contributed by atoms with Crippen LogP contribution in [-0.4, -0.2) is 11.6 Å². The molecule has 0 heterocycles. The first-order chi connectivity index (χ1) is 6.00. The van der Waals surface area contributed by atoms with Gasteiger partial charge in [-0.05, 0) is 24.6 Å². The fraction of sp³-hybridized carbons (Fsp3) is 0.143. The van der Waals surface area contributed by atoms with Crippen molar-refractivity contribution < 1.29 is 14.3 Å². The third-order valence-corrected chi connectivity index (χ3v) is 0.885. The van der Waals surface area contributed by atoms with E-state index < -0.39 is 11.5 Å². The van der Waals surface area contributed by atoms with Gasteiger partial charge in [-0.3, -0.25) is 0 Å². The van der Waals surface area contributed by atoms with Gasteiger partial charge in [-0.15, -0.1) is 0 Å². The van der Waals surface area contributed by atoms with Crippen LogP contribution in [0.15, 0.2) is 18.1 Å². The molecule has 0 saturated carbocycles. The highest BCUT2D eigenvalue weighted by molar-refractivity contribution is 5.39. The standard InChI is InChI=1S/C7H8O2/c1-5-2-3-6(8)7(9)4-5/h2-4,8-9H,1H3/i2D,3D,4D/hD. The topological polar surface area (TPSA) is 40.5 Å². The van der Waals surface area contributed by atoms with Gasteiger partial charge in [-0.2, -0.15) is 0 Å². The first kappa shape index (κ1) is 2.60. The van der Waals surface area contributed by atoms with Crippen molar-refractivity contribution in [2.24, 2.45) is 0 Å². The summed E-state index contributed by atoms with van der Waals surface area (Å²) in [6.45, 7) is 1.45. The molecule has 1 rings (SSSR count). The lowest BCUT2D eigenvalue weighted by Crippen LogP contribution is -1.70. The normalized spacial score (nSPS) is 15.2. The van der Waals surface area contributed by atoms with Crippen molar-refractivity contribution in [1.29, 1.82) is 1.43 Å². The van der Waals surface area contributed by atoms with Crippen molar-refractivity contribution >= 4 is 0 Å². The zero-order valence-corrected chi connectivity index (χ0v) is 4.86. The SMILES string of the molecule is [2H]Oc1c([2H])c([2H])c(C)c([2H])c1O. The van der Waals surface area contributed by atoms with Crippen molar-refractivity contribution in [1.82, 2.24) is 0 Å². The molecule has 1 aromatic carbocycles. The molecule has 2 heteroatoms. The largest absolute Gasteiger partial charge is 0.504 e. The predicted octanol–water partition coefficient (Wildman–Crippen LogP) is 1.41. The highest BCUT2D eigenvalue weighted by Crippen LogP contribution is 2.23. The third kappa shape index (κ3) is 1.13.